The molecule has 0 saturated carbocycles. The summed E-state index contributed by atoms with van der Waals surface area (Å²) in [5.41, 5.74) is 7.46. The number of rotatable bonds is 5. The van der Waals surface area contributed by atoms with Gasteiger partial charge in [-0.25, -0.2) is 0 Å². The predicted molar refractivity (Wildman–Crippen MR) is 60.7 cm³/mol. The Morgan fingerprint density at radius 3 is 2.35 bits per heavy atom. The fourth-order valence-electron chi connectivity index (χ4n) is 1.21. The number of carbonyl (C=O) groups is 2. The SMILES string of the molecule is COc1ccc(C(OC(=O)CCl)C([NH])=O)cc1. The molecule has 0 heterocycles. The van der Waals surface area contributed by atoms with Crippen molar-refractivity contribution in [2.45, 2.75) is 6.10 Å². The minimum atomic E-state index is -1.24. The lowest BCUT2D eigenvalue weighted by Crippen LogP contribution is -2.21. The first-order valence-electron chi connectivity index (χ1n) is 4.73. The maximum absolute atomic E-state index is 11.1. The van der Waals surface area contributed by atoms with Crippen LogP contribution in [0.3, 0.4) is 0 Å². The van der Waals surface area contributed by atoms with E-state index in [0.717, 1.165) is 0 Å². The number of alkyl halides is 1. The summed E-state index contributed by atoms with van der Waals surface area (Å²) in [5.74, 6) is -1.50. The molecule has 0 spiro atoms. The first kappa shape index (κ1) is 13.3. The van der Waals surface area contributed by atoms with Crippen LogP contribution in [0.25, 0.3) is 0 Å². The molecule has 1 radical (unpaired) electrons. The number of benzene rings is 1. The number of hydrogen-bond donors (Lipinski definition) is 0. The van der Waals surface area contributed by atoms with Gasteiger partial charge in [0.1, 0.15) is 11.6 Å². The Balaban J connectivity index is 2.89. The lowest BCUT2D eigenvalue weighted by molar-refractivity contribution is -0.153. The lowest BCUT2D eigenvalue weighted by atomic mass is 10.1. The molecule has 1 atom stereocenters. The smallest absolute Gasteiger partial charge is 0.322 e. The Kier molecular flexibility index (Phi) is 4.78. The molecule has 91 valence electrons. The topological polar surface area (TPSA) is 76.4 Å². The molecule has 1 aromatic carbocycles. The van der Waals surface area contributed by atoms with E-state index in [9.17, 15) is 9.59 Å². The molecule has 0 saturated heterocycles. The van der Waals surface area contributed by atoms with E-state index in [0.29, 0.717) is 11.3 Å². The summed E-state index contributed by atoms with van der Waals surface area (Å²) in [6.07, 6.45) is -1.24. The first-order chi connectivity index (χ1) is 8.08. The first-order valence-corrected chi connectivity index (χ1v) is 5.26. The molecule has 1 rings (SSSR count). The highest BCUT2D eigenvalue weighted by molar-refractivity contribution is 6.26. The standard InChI is InChI=1S/C11H11ClNO4/c1-16-8-4-2-7(3-5-8)10(11(13)15)17-9(14)6-12/h2-5,10,13H,6H2,1H3. The number of carbonyl (C=O) groups excluding carboxylic acids is 2. The van der Waals surface area contributed by atoms with Crippen molar-refractivity contribution in [2.75, 3.05) is 13.0 Å². The van der Waals surface area contributed by atoms with Crippen molar-refractivity contribution < 1.29 is 19.1 Å². The van der Waals surface area contributed by atoms with E-state index in [1.54, 1.807) is 24.3 Å². The molecule has 0 fully saturated rings. The highest BCUT2D eigenvalue weighted by atomic mass is 35.5. The Labute approximate surface area is 103 Å². The Hall–Kier alpha value is -1.75. The van der Waals surface area contributed by atoms with E-state index in [1.165, 1.54) is 7.11 Å². The number of esters is 1. The van der Waals surface area contributed by atoms with Crippen molar-refractivity contribution in [3.8, 4) is 5.75 Å². The van der Waals surface area contributed by atoms with Gasteiger partial charge in [-0.15, -0.1) is 11.6 Å². The Morgan fingerprint density at radius 1 is 1.35 bits per heavy atom. The summed E-state index contributed by atoms with van der Waals surface area (Å²) in [5, 5.41) is 0. The van der Waals surface area contributed by atoms with Crippen LogP contribution in [0.5, 0.6) is 5.75 Å². The van der Waals surface area contributed by atoms with Gasteiger partial charge in [-0.3, -0.25) is 15.3 Å². The van der Waals surface area contributed by atoms with Gasteiger partial charge in [-0.1, -0.05) is 12.1 Å². The third-order valence-electron chi connectivity index (χ3n) is 2.02. The average Bonchev–Trinajstić information content (AvgIpc) is 2.35. The molecule has 0 aliphatic carbocycles. The Morgan fingerprint density at radius 2 is 1.94 bits per heavy atom. The third-order valence-corrected chi connectivity index (χ3v) is 2.23. The van der Waals surface area contributed by atoms with Crippen LogP contribution in [-0.4, -0.2) is 24.9 Å². The van der Waals surface area contributed by atoms with E-state index < -0.39 is 18.0 Å². The van der Waals surface area contributed by atoms with Crippen molar-refractivity contribution in [1.82, 2.24) is 5.73 Å². The molecule has 5 nitrogen and oxygen atoms in total. The van der Waals surface area contributed by atoms with E-state index in [4.69, 9.17) is 26.8 Å². The molecule has 17 heavy (non-hydrogen) atoms. The monoisotopic (exact) mass is 256 g/mol. The number of hydrogen-bond acceptors (Lipinski definition) is 4. The van der Waals surface area contributed by atoms with Gasteiger partial charge >= 0.3 is 5.97 Å². The Bertz CT molecular complexity index is 404. The molecule has 1 aromatic rings. The highest BCUT2D eigenvalue weighted by Crippen LogP contribution is 2.21. The number of halogens is 1. The van der Waals surface area contributed by atoms with Crippen molar-refractivity contribution >= 4 is 23.5 Å². The second-order valence-electron chi connectivity index (χ2n) is 3.14. The molecule has 6 heteroatoms. The van der Waals surface area contributed by atoms with Crippen LogP contribution in [0.4, 0.5) is 0 Å². The maximum Gasteiger partial charge on any atom is 0.322 e. The summed E-state index contributed by atoms with van der Waals surface area (Å²) in [6, 6.07) is 6.33. The largest absolute Gasteiger partial charge is 0.497 e. The molecule has 1 amide bonds. The number of nitrogens with one attached hydrogen (secondary N) is 1. The molecular formula is C11H11ClNO4. The van der Waals surface area contributed by atoms with Crippen molar-refractivity contribution in [3.63, 3.8) is 0 Å². The van der Waals surface area contributed by atoms with Gasteiger partial charge < -0.3 is 9.47 Å². The van der Waals surface area contributed by atoms with Crippen molar-refractivity contribution in [3.05, 3.63) is 29.8 Å². The van der Waals surface area contributed by atoms with Crippen LogP contribution >= 0.6 is 11.6 Å². The summed E-state index contributed by atoms with van der Waals surface area (Å²) < 4.78 is 9.72. The fraction of sp³-hybridized carbons (Fsp3) is 0.273. The summed E-state index contributed by atoms with van der Waals surface area (Å²) in [6.45, 7) is 0. The van der Waals surface area contributed by atoms with E-state index in [-0.39, 0.29) is 5.88 Å². The molecule has 0 aliphatic heterocycles. The van der Waals surface area contributed by atoms with Gasteiger partial charge in [0, 0.05) is 5.56 Å². The fourth-order valence-corrected chi connectivity index (χ4v) is 1.28. The van der Waals surface area contributed by atoms with Crippen molar-refractivity contribution in [1.29, 1.82) is 0 Å². The molecule has 1 N–H and O–H groups in total. The second kappa shape index (κ2) is 6.10. The van der Waals surface area contributed by atoms with E-state index in [1.807, 2.05) is 0 Å². The van der Waals surface area contributed by atoms with E-state index in [2.05, 4.69) is 0 Å². The zero-order valence-corrected chi connectivity index (χ0v) is 9.86. The van der Waals surface area contributed by atoms with Gasteiger partial charge in [0.25, 0.3) is 5.91 Å². The molecule has 0 bridgehead atoms. The highest BCUT2D eigenvalue weighted by Gasteiger charge is 2.22. The zero-order chi connectivity index (χ0) is 12.8. The summed E-state index contributed by atoms with van der Waals surface area (Å²) in [7, 11) is 1.51. The quantitative estimate of drug-likeness (QED) is 0.588. The minimum Gasteiger partial charge on any atom is -0.497 e. The number of amides is 1. The number of ether oxygens (including phenoxy) is 2. The third kappa shape index (κ3) is 3.64. The van der Waals surface area contributed by atoms with Gasteiger partial charge in [-0.05, 0) is 12.1 Å². The van der Waals surface area contributed by atoms with Crippen molar-refractivity contribution in [2.24, 2.45) is 0 Å². The van der Waals surface area contributed by atoms with Crippen LogP contribution in [0.2, 0.25) is 0 Å². The van der Waals surface area contributed by atoms with Crippen LogP contribution in [-0.2, 0) is 14.3 Å². The van der Waals surface area contributed by atoms with Gasteiger partial charge in [0.05, 0.1) is 7.11 Å². The van der Waals surface area contributed by atoms with E-state index >= 15 is 0 Å². The minimum absolute atomic E-state index is 0.361. The summed E-state index contributed by atoms with van der Waals surface area (Å²) >= 11 is 5.27. The molecular weight excluding hydrogens is 246 g/mol. The average molecular weight is 257 g/mol. The second-order valence-corrected chi connectivity index (χ2v) is 3.41. The molecule has 0 aromatic heterocycles. The van der Waals surface area contributed by atoms with Gasteiger partial charge in [-0.2, -0.15) is 0 Å². The number of methoxy groups -OCH3 is 1. The predicted octanol–water partition coefficient (Wildman–Crippen LogP) is 1.33. The molecule has 0 aliphatic rings. The van der Waals surface area contributed by atoms with Gasteiger partial charge in [0.2, 0.25) is 6.10 Å². The zero-order valence-electron chi connectivity index (χ0n) is 9.10. The maximum atomic E-state index is 11.1. The van der Waals surface area contributed by atoms with Crippen LogP contribution < -0.4 is 10.5 Å². The normalized spacial score (nSPS) is 11.6. The van der Waals surface area contributed by atoms with Crippen LogP contribution in [0.1, 0.15) is 11.7 Å². The lowest BCUT2D eigenvalue weighted by Gasteiger charge is -2.13. The van der Waals surface area contributed by atoms with Crippen LogP contribution in [0.15, 0.2) is 24.3 Å². The molecule has 1 unspecified atom stereocenters. The summed E-state index contributed by atoms with van der Waals surface area (Å²) in [4.78, 5) is 22.1. The van der Waals surface area contributed by atoms with Gasteiger partial charge in [0.15, 0.2) is 0 Å². The van der Waals surface area contributed by atoms with Crippen LogP contribution in [0, 0.1) is 0 Å².